The normalized spacial score (nSPS) is 17.9. The van der Waals surface area contributed by atoms with Gasteiger partial charge in [-0.05, 0) is 73.9 Å². The van der Waals surface area contributed by atoms with Crippen LogP contribution in [0.3, 0.4) is 0 Å². The van der Waals surface area contributed by atoms with Gasteiger partial charge in [0.15, 0.2) is 11.6 Å². The zero-order valence-electron chi connectivity index (χ0n) is 24.4. The van der Waals surface area contributed by atoms with Crippen LogP contribution in [0.5, 0.6) is 0 Å². The number of esters is 1. The Bertz CT molecular complexity index is 1320. The number of benzene rings is 2. The molecule has 2 aromatic carbocycles. The highest BCUT2D eigenvalue weighted by Gasteiger charge is 2.36. The first-order chi connectivity index (χ1) is 20.4. The first-order valence-electron chi connectivity index (χ1n) is 14.8. The SMILES string of the molecule is CCCC(CCCC1CCN(C(=O)c2ccc3c(c2)N=CC(C)S3)CC1)CC(=O)OCc1cc(F)c(F)c(C(F)(F)F)c1. The van der Waals surface area contributed by atoms with E-state index in [-0.39, 0.29) is 23.8 Å². The van der Waals surface area contributed by atoms with E-state index < -0.39 is 36.0 Å². The highest BCUT2D eigenvalue weighted by atomic mass is 32.2. The Morgan fingerprint density at radius 2 is 1.86 bits per heavy atom. The first kappa shape index (κ1) is 33.0. The van der Waals surface area contributed by atoms with E-state index in [0.717, 1.165) is 55.5 Å². The lowest BCUT2D eigenvalue weighted by Crippen LogP contribution is -2.38. The number of ether oxygens (including phenoxy) is 1. The van der Waals surface area contributed by atoms with Crippen molar-refractivity contribution in [3.05, 3.63) is 58.7 Å². The molecule has 2 unspecified atom stereocenters. The van der Waals surface area contributed by atoms with Gasteiger partial charge in [-0.15, -0.1) is 11.8 Å². The lowest BCUT2D eigenvalue weighted by atomic mass is 9.87. The van der Waals surface area contributed by atoms with Crippen molar-refractivity contribution < 1.29 is 36.3 Å². The molecule has 0 radical (unpaired) electrons. The van der Waals surface area contributed by atoms with Crippen LogP contribution in [0.25, 0.3) is 0 Å². The van der Waals surface area contributed by atoms with Crippen molar-refractivity contribution in [1.82, 2.24) is 4.90 Å². The van der Waals surface area contributed by atoms with Crippen molar-refractivity contribution in [3.8, 4) is 0 Å². The standard InChI is InChI=1S/C32H37F5N2O3S/c1-3-5-22(16-29(40)42-19-23-14-25(32(35,36)37)30(34)26(33)15-23)7-4-6-21-10-12-39(13-11-21)31(41)24-8-9-28-27(17-24)38-18-20(2)43-28/h8-9,14-15,17-18,20-22H,3-7,10-13,16,19H2,1-2H3. The molecule has 1 saturated heterocycles. The van der Waals surface area contributed by atoms with E-state index in [1.165, 1.54) is 0 Å². The Balaban J connectivity index is 1.20. The molecule has 43 heavy (non-hydrogen) atoms. The van der Waals surface area contributed by atoms with Crippen molar-refractivity contribution in [1.29, 1.82) is 0 Å². The maximum absolute atomic E-state index is 13.7. The van der Waals surface area contributed by atoms with Gasteiger partial charge in [0, 0.05) is 41.4 Å². The molecule has 234 valence electrons. The minimum atomic E-state index is -5.06. The van der Waals surface area contributed by atoms with Gasteiger partial charge in [0.1, 0.15) is 6.61 Å². The van der Waals surface area contributed by atoms with Crippen LogP contribution in [0.4, 0.5) is 27.6 Å². The second-order valence-electron chi connectivity index (χ2n) is 11.4. The lowest BCUT2D eigenvalue weighted by Gasteiger charge is -2.32. The summed E-state index contributed by atoms with van der Waals surface area (Å²) in [5, 5.41) is 0.317. The van der Waals surface area contributed by atoms with E-state index in [1.54, 1.807) is 11.8 Å². The monoisotopic (exact) mass is 624 g/mol. The van der Waals surface area contributed by atoms with Crippen molar-refractivity contribution in [3.63, 3.8) is 0 Å². The number of hydrogen-bond donors (Lipinski definition) is 0. The second-order valence-corrected chi connectivity index (χ2v) is 12.8. The molecule has 1 amide bonds. The fraction of sp³-hybridized carbons (Fsp3) is 0.531. The number of hydrogen-bond acceptors (Lipinski definition) is 5. The van der Waals surface area contributed by atoms with Crippen LogP contribution in [0, 0.1) is 23.5 Å². The van der Waals surface area contributed by atoms with Crippen LogP contribution in [0.2, 0.25) is 0 Å². The predicted octanol–water partition coefficient (Wildman–Crippen LogP) is 8.75. The largest absolute Gasteiger partial charge is 0.461 e. The molecule has 2 aliphatic heterocycles. The molecule has 0 aromatic heterocycles. The smallest absolute Gasteiger partial charge is 0.419 e. The number of aliphatic imine (C=N–C) groups is 1. The summed E-state index contributed by atoms with van der Waals surface area (Å²) in [7, 11) is 0. The van der Waals surface area contributed by atoms with Gasteiger partial charge in [0.25, 0.3) is 5.91 Å². The maximum atomic E-state index is 13.7. The summed E-state index contributed by atoms with van der Waals surface area (Å²) in [6.45, 7) is 4.92. The molecule has 5 nitrogen and oxygen atoms in total. The van der Waals surface area contributed by atoms with E-state index in [2.05, 4.69) is 11.9 Å². The molecule has 2 aliphatic rings. The van der Waals surface area contributed by atoms with Crippen LogP contribution in [-0.4, -0.2) is 41.3 Å². The van der Waals surface area contributed by atoms with Crippen LogP contribution in [-0.2, 0) is 22.3 Å². The maximum Gasteiger partial charge on any atom is 0.419 e. The molecule has 2 atom stereocenters. The summed E-state index contributed by atoms with van der Waals surface area (Å²) in [6, 6.07) is 6.80. The van der Waals surface area contributed by atoms with Crippen LogP contribution >= 0.6 is 11.8 Å². The average molecular weight is 625 g/mol. The Hall–Kier alpha value is -2.95. The minimum Gasteiger partial charge on any atom is -0.461 e. The topological polar surface area (TPSA) is 59.0 Å². The van der Waals surface area contributed by atoms with Gasteiger partial charge in [-0.2, -0.15) is 13.2 Å². The number of piperidine rings is 1. The number of halogens is 5. The number of likely N-dealkylation sites (tertiary alicyclic amines) is 1. The summed E-state index contributed by atoms with van der Waals surface area (Å²) >= 11 is 1.73. The lowest BCUT2D eigenvalue weighted by molar-refractivity contribution is -0.146. The van der Waals surface area contributed by atoms with Crippen molar-refractivity contribution in [2.75, 3.05) is 13.1 Å². The third-order valence-electron chi connectivity index (χ3n) is 8.01. The molecular weight excluding hydrogens is 587 g/mol. The zero-order chi connectivity index (χ0) is 31.1. The van der Waals surface area contributed by atoms with Gasteiger partial charge < -0.3 is 9.64 Å². The molecule has 0 spiro atoms. The van der Waals surface area contributed by atoms with Gasteiger partial charge in [-0.1, -0.05) is 32.6 Å². The molecule has 0 N–H and O–H groups in total. The summed E-state index contributed by atoms with van der Waals surface area (Å²) in [5.41, 5.74) is -0.483. The van der Waals surface area contributed by atoms with E-state index in [4.69, 9.17) is 4.74 Å². The predicted molar refractivity (Wildman–Crippen MR) is 157 cm³/mol. The number of rotatable bonds is 11. The molecule has 11 heteroatoms. The van der Waals surface area contributed by atoms with Crippen LogP contribution in [0.1, 0.15) is 86.7 Å². The van der Waals surface area contributed by atoms with Crippen LogP contribution < -0.4 is 0 Å². The number of carbonyl (C=O) groups is 2. The second kappa shape index (κ2) is 14.7. The van der Waals surface area contributed by atoms with E-state index in [9.17, 15) is 31.5 Å². The van der Waals surface area contributed by atoms with Gasteiger partial charge >= 0.3 is 12.1 Å². The van der Waals surface area contributed by atoms with E-state index in [1.807, 2.05) is 36.2 Å². The summed E-state index contributed by atoms with van der Waals surface area (Å²) < 4.78 is 71.2. The number of alkyl halides is 3. The van der Waals surface area contributed by atoms with Crippen LogP contribution in [0.15, 0.2) is 40.2 Å². The van der Waals surface area contributed by atoms with Crippen molar-refractivity contribution in [2.45, 2.75) is 88.1 Å². The first-order valence-corrected chi connectivity index (χ1v) is 15.7. The quantitative estimate of drug-likeness (QED) is 0.185. The average Bonchev–Trinajstić information content (AvgIpc) is 2.97. The molecule has 0 aliphatic carbocycles. The molecule has 0 saturated carbocycles. The van der Waals surface area contributed by atoms with Crippen molar-refractivity contribution >= 4 is 35.5 Å². The molecule has 1 fully saturated rings. The third kappa shape index (κ3) is 9.03. The number of amides is 1. The molecule has 0 bridgehead atoms. The molecular formula is C32H37F5N2O3S. The highest BCUT2D eigenvalue weighted by Crippen LogP contribution is 2.37. The molecule has 4 rings (SSSR count). The van der Waals surface area contributed by atoms with Crippen molar-refractivity contribution in [2.24, 2.45) is 16.8 Å². The Morgan fingerprint density at radius 1 is 1.12 bits per heavy atom. The Morgan fingerprint density at radius 3 is 2.56 bits per heavy atom. The molecule has 2 aromatic rings. The van der Waals surface area contributed by atoms with E-state index >= 15 is 0 Å². The fourth-order valence-corrected chi connectivity index (χ4v) is 6.62. The molecule has 2 heterocycles. The van der Waals surface area contributed by atoms with Gasteiger partial charge in [-0.25, -0.2) is 8.78 Å². The zero-order valence-corrected chi connectivity index (χ0v) is 25.2. The number of fused-ring (bicyclic) bond motifs is 1. The Kier molecular flexibility index (Phi) is 11.3. The number of thioether (sulfide) groups is 1. The minimum absolute atomic E-state index is 0.0274. The number of carbonyl (C=O) groups excluding carboxylic acids is 2. The van der Waals surface area contributed by atoms with Gasteiger partial charge in [0.05, 0.1) is 11.3 Å². The third-order valence-corrected chi connectivity index (χ3v) is 9.11. The highest BCUT2D eigenvalue weighted by molar-refractivity contribution is 8.00. The summed E-state index contributed by atoms with van der Waals surface area (Å²) in [4.78, 5) is 33.0. The summed E-state index contributed by atoms with van der Waals surface area (Å²) in [5.74, 6) is -3.61. The fourth-order valence-electron chi connectivity index (χ4n) is 5.72. The summed E-state index contributed by atoms with van der Waals surface area (Å²) in [6.07, 6.45) is 3.13. The van der Waals surface area contributed by atoms with Gasteiger partial charge in [0.2, 0.25) is 0 Å². The number of nitrogens with zero attached hydrogens (tertiary/aromatic N) is 2. The Labute approximate surface area is 253 Å². The van der Waals surface area contributed by atoms with E-state index in [0.29, 0.717) is 42.0 Å². The van der Waals surface area contributed by atoms with Gasteiger partial charge in [-0.3, -0.25) is 14.6 Å².